The van der Waals surface area contributed by atoms with Crippen molar-refractivity contribution in [1.82, 2.24) is 9.78 Å². The average molecular weight is 276 g/mol. The van der Waals surface area contributed by atoms with E-state index in [1.54, 1.807) is 0 Å². The number of hydrogen-bond donors (Lipinski definition) is 2. The Morgan fingerprint density at radius 2 is 2.00 bits per heavy atom. The summed E-state index contributed by atoms with van der Waals surface area (Å²) in [6.45, 7) is 4.58. The summed E-state index contributed by atoms with van der Waals surface area (Å²) in [4.78, 5) is 8.58. The number of carbonyl (C=O) groups excluding carboxylic acids is 1. The van der Waals surface area contributed by atoms with Gasteiger partial charge in [-0.15, -0.1) is 5.10 Å². The number of nitrogens with one attached hydrogen (secondary N) is 1. The molecule has 20 heavy (non-hydrogen) atoms. The summed E-state index contributed by atoms with van der Waals surface area (Å²) in [5.74, 6) is 1.64. The molecule has 1 heterocycles. The van der Waals surface area contributed by atoms with E-state index in [2.05, 4.69) is 16.1 Å². The number of hydrogen-bond acceptors (Lipinski definition) is 4. The van der Waals surface area contributed by atoms with Crippen LogP contribution in [-0.4, -0.2) is 29.8 Å². The third-order valence-electron chi connectivity index (χ3n) is 2.60. The van der Waals surface area contributed by atoms with Crippen molar-refractivity contribution in [3.63, 3.8) is 0 Å². The van der Waals surface area contributed by atoms with Crippen LogP contribution in [-0.2, 0) is 4.79 Å². The highest BCUT2D eigenvalue weighted by molar-refractivity contribution is 5.54. The van der Waals surface area contributed by atoms with Crippen molar-refractivity contribution in [3.05, 3.63) is 35.9 Å². The number of ether oxygens (including phenoxy) is 1. The summed E-state index contributed by atoms with van der Waals surface area (Å²) in [6.07, 6.45) is 0.250. The molecule has 0 aliphatic rings. The Hall–Kier alpha value is -2.50. The van der Waals surface area contributed by atoms with Crippen LogP contribution >= 0.6 is 0 Å². The van der Waals surface area contributed by atoms with E-state index in [4.69, 9.17) is 9.53 Å². The molecule has 0 aliphatic carbocycles. The highest BCUT2D eigenvalue weighted by Crippen LogP contribution is 2.27. The van der Waals surface area contributed by atoms with Crippen LogP contribution in [0.25, 0.3) is 5.69 Å². The van der Waals surface area contributed by atoms with Gasteiger partial charge in [-0.05, 0) is 26.0 Å². The molecule has 6 nitrogen and oxygen atoms in total. The summed E-state index contributed by atoms with van der Waals surface area (Å²) < 4.78 is 7.37. The Labute approximate surface area is 118 Å². The zero-order valence-corrected chi connectivity index (χ0v) is 12.0. The number of amides is 1. The number of nitrogens with two attached hydrogens (primary N) is 1. The third kappa shape index (κ3) is 3.50. The zero-order valence-electron chi connectivity index (χ0n) is 12.0. The van der Waals surface area contributed by atoms with Gasteiger partial charge in [0.1, 0.15) is 5.82 Å². The lowest BCUT2D eigenvalue weighted by Crippen LogP contribution is -2.02. The minimum absolute atomic E-state index is 0.250. The van der Waals surface area contributed by atoms with E-state index in [1.807, 2.05) is 55.9 Å². The SMILES string of the molecule is CCOc1nn(-c2ccccc2)c(NC)c1C.NC=O. The van der Waals surface area contributed by atoms with Gasteiger partial charge in [0.15, 0.2) is 0 Å². The number of para-hydroxylation sites is 1. The topological polar surface area (TPSA) is 82.2 Å². The fourth-order valence-corrected chi connectivity index (χ4v) is 1.80. The molecule has 1 aromatic heterocycles. The van der Waals surface area contributed by atoms with Gasteiger partial charge in [0.05, 0.1) is 17.9 Å². The Balaban J connectivity index is 0.000000612. The maximum absolute atomic E-state index is 8.58. The lowest BCUT2D eigenvalue weighted by Gasteiger charge is -2.06. The lowest BCUT2D eigenvalue weighted by atomic mass is 10.3. The second-order valence-electron chi connectivity index (χ2n) is 3.85. The van der Waals surface area contributed by atoms with Crippen molar-refractivity contribution in [2.45, 2.75) is 13.8 Å². The van der Waals surface area contributed by atoms with Crippen LogP contribution in [0.4, 0.5) is 5.82 Å². The average Bonchev–Trinajstić information content (AvgIpc) is 2.78. The molecule has 0 saturated heterocycles. The van der Waals surface area contributed by atoms with E-state index < -0.39 is 0 Å². The summed E-state index contributed by atoms with van der Waals surface area (Å²) in [7, 11) is 1.89. The molecule has 0 radical (unpaired) electrons. The van der Waals surface area contributed by atoms with Gasteiger partial charge in [0, 0.05) is 7.05 Å². The smallest absolute Gasteiger partial charge is 0.238 e. The van der Waals surface area contributed by atoms with Gasteiger partial charge in [-0.1, -0.05) is 18.2 Å². The van der Waals surface area contributed by atoms with E-state index in [9.17, 15) is 0 Å². The number of aromatic nitrogens is 2. The standard InChI is InChI=1S/C13H17N3O.CH3NO/c1-4-17-13-10(2)12(14-3)16(15-13)11-8-6-5-7-9-11;2-1-3/h5-9,14H,4H2,1-3H3;1H,(H2,2,3). The fourth-order valence-electron chi connectivity index (χ4n) is 1.80. The molecular formula is C14H20N4O2. The molecule has 3 N–H and O–H groups in total. The first kappa shape index (κ1) is 15.6. The highest BCUT2D eigenvalue weighted by Gasteiger charge is 2.14. The molecule has 0 fully saturated rings. The van der Waals surface area contributed by atoms with E-state index in [0.29, 0.717) is 12.5 Å². The second-order valence-corrected chi connectivity index (χ2v) is 3.85. The molecule has 0 aliphatic heterocycles. The molecule has 0 bridgehead atoms. The third-order valence-corrected chi connectivity index (χ3v) is 2.60. The molecule has 0 spiro atoms. The van der Waals surface area contributed by atoms with Crippen LogP contribution in [0.5, 0.6) is 5.88 Å². The van der Waals surface area contributed by atoms with Gasteiger partial charge in [-0.2, -0.15) is 0 Å². The van der Waals surface area contributed by atoms with Gasteiger partial charge in [0.25, 0.3) is 0 Å². The monoisotopic (exact) mass is 276 g/mol. The second kappa shape index (κ2) is 7.83. The summed E-state index contributed by atoms with van der Waals surface area (Å²) >= 11 is 0. The number of nitrogens with zero attached hydrogens (tertiary/aromatic N) is 2. The van der Waals surface area contributed by atoms with E-state index in [0.717, 1.165) is 17.1 Å². The maximum atomic E-state index is 8.58. The number of primary amides is 1. The van der Waals surface area contributed by atoms with Crippen LogP contribution in [0.2, 0.25) is 0 Å². The molecular weight excluding hydrogens is 256 g/mol. The Morgan fingerprint density at radius 3 is 2.50 bits per heavy atom. The first-order valence-electron chi connectivity index (χ1n) is 6.30. The number of rotatable bonds is 4. The predicted octanol–water partition coefficient (Wildman–Crippen LogP) is 1.72. The minimum Gasteiger partial charge on any atom is -0.477 e. The van der Waals surface area contributed by atoms with Gasteiger partial charge >= 0.3 is 0 Å². The largest absolute Gasteiger partial charge is 0.477 e. The van der Waals surface area contributed by atoms with Crippen molar-refractivity contribution in [1.29, 1.82) is 0 Å². The van der Waals surface area contributed by atoms with E-state index in [1.165, 1.54) is 0 Å². The molecule has 2 rings (SSSR count). The molecule has 0 unspecified atom stereocenters. The van der Waals surface area contributed by atoms with Gasteiger partial charge < -0.3 is 15.8 Å². The van der Waals surface area contributed by atoms with Gasteiger partial charge in [0.2, 0.25) is 12.3 Å². The normalized spacial score (nSPS) is 9.35. The van der Waals surface area contributed by atoms with Crippen molar-refractivity contribution in [2.75, 3.05) is 19.0 Å². The maximum Gasteiger partial charge on any atom is 0.238 e. The summed E-state index contributed by atoms with van der Waals surface area (Å²) in [6, 6.07) is 10.0. The Kier molecular flexibility index (Phi) is 6.09. The number of carbonyl (C=O) groups is 1. The zero-order chi connectivity index (χ0) is 15.0. The summed E-state index contributed by atoms with van der Waals surface area (Å²) in [5.41, 5.74) is 6.21. The minimum atomic E-state index is 0.250. The van der Waals surface area contributed by atoms with E-state index >= 15 is 0 Å². The molecule has 1 amide bonds. The first-order valence-corrected chi connectivity index (χ1v) is 6.30. The van der Waals surface area contributed by atoms with Crippen LogP contribution in [0.3, 0.4) is 0 Å². The molecule has 6 heteroatoms. The van der Waals surface area contributed by atoms with Crippen molar-refractivity contribution in [2.24, 2.45) is 5.73 Å². The van der Waals surface area contributed by atoms with Crippen LogP contribution in [0.15, 0.2) is 30.3 Å². The first-order chi connectivity index (χ1) is 9.69. The summed E-state index contributed by atoms with van der Waals surface area (Å²) in [5, 5.41) is 7.63. The van der Waals surface area contributed by atoms with Crippen molar-refractivity contribution >= 4 is 12.2 Å². The van der Waals surface area contributed by atoms with Crippen LogP contribution in [0, 0.1) is 6.92 Å². The molecule has 1 aromatic carbocycles. The quantitative estimate of drug-likeness (QED) is 0.833. The van der Waals surface area contributed by atoms with Crippen LogP contribution < -0.4 is 15.8 Å². The van der Waals surface area contributed by atoms with E-state index in [-0.39, 0.29) is 6.41 Å². The molecule has 108 valence electrons. The Bertz CT molecular complexity index is 538. The molecule has 0 saturated carbocycles. The van der Waals surface area contributed by atoms with Crippen molar-refractivity contribution < 1.29 is 9.53 Å². The fraction of sp³-hybridized carbons (Fsp3) is 0.286. The Morgan fingerprint density at radius 1 is 1.40 bits per heavy atom. The van der Waals surface area contributed by atoms with Crippen molar-refractivity contribution in [3.8, 4) is 11.6 Å². The molecule has 2 aromatic rings. The van der Waals surface area contributed by atoms with Gasteiger partial charge in [-0.3, -0.25) is 4.79 Å². The lowest BCUT2D eigenvalue weighted by molar-refractivity contribution is -0.106. The van der Waals surface area contributed by atoms with Crippen LogP contribution in [0.1, 0.15) is 12.5 Å². The van der Waals surface area contributed by atoms with Gasteiger partial charge in [-0.25, -0.2) is 4.68 Å². The number of benzene rings is 1. The predicted molar refractivity (Wildman–Crippen MR) is 79.3 cm³/mol. The highest BCUT2D eigenvalue weighted by atomic mass is 16.5. The number of anilines is 1. The molecule has 0 atom stereocenters.